The van der Waals surface area contributed by atoms with E-state index in [2.05, 4.69) is 5.32 Å². The van der Waals surface area contributed by atoms with Crippen LogP contribution in [0.1, 0.15) is 25.7 Å². The fourth-order valence-corrected chi connectivity index (χ4v) is 5.13. The molecule has 22 heavy (non-hydrogen) atoms. The van der Waals surface area contributed by atoms with Gasteiger partial charge in [-0.3, -0.25) is 0 Å². The lowest BCUT2D eigenvalue weighted by atomic mass is 10.0. The summed E-state index contributed by atoms with van der Waals surface area (Å²) in [5, 5.41) is 3.34. The Bertz CT molecular complexity index is 787. The molecular formula is C15H21NO4S2. The molecule has 0 saturated heterocycles. The van der Waals surface area contributed by atoms with Gasteiger partial charge in [-0.2, -0.15) is 0 Å². The lowest BCUT2D eigenvalue weighted by Gasteiger charge is -2.12. The maximum Gasteiger partial charge on any atom is 0.177 e. The molecule has 0 amide bonds. The Morgan fingerprint density at radius 3 is 2.05 bits per heavy atom. The zero-order valence-corrected chi connectivity index (χ0v) is 14.4. The van der Waals surface area contributed by atoms with Gasteiger partial charge in [0, 0.05) is 18.6 Å². The van der Waals surface area contributed by atoms with Crippen LogP contribution in [0.4, 0.5) is 5.69 Å². The Hall–Kier alpha value is -1.08. The third kappa shape index (κ3) is 3.01. The summed E-state index contributed by atoms with van der Waals surface area (Å²) in [5.41, 5.74) is 0.523. The minimum atomic E-state index is -3.49. The van der Waals surface area contributed by atoms with Crippen LogP contribution in [-0.4, -0.2) is 35.4 Å². The number of benzene rings is 1. The standard InChI is InChI=1S/C15H21NO4S2/c1-21(17,18)10-7-8-13(14(9-10)22(2,19)20)16-15-11-5-3-4-6-12(11)15/h7-9,11-12,15-16H,3-6H2,1-2H3/t11-,12+,15?. The molecule has 7 heteroatoms. The van der Waals surface area contributed by atoms with Crippen molar-refractivity contribution in [2.75, 3.05) is 17.8 Å². The van der Waals surface area contributed by atoms with Crippen LogP contribution in [0.15, 0.2) is 28.0 Å². The van der Waals surface area contributed by atoms with Gasteiger partial charge in [0.05, 0.1) is 15.5 Å². The zero-order valence-electron chi connectivity index (χ0n) is 12.7. The first-order valence-electron chi connectivity index (χ1n) is 7.48. The van der Waals surface area contributed by atoms with Gasteiger partial charge in [0.15, 0.2) is 19.7 Å². The van der Waals surface area contributed by atoms with Gasteiger partial charge in [0.2, 0.25) is 0 Å². The Kier molecular flexibility index (Phi) is 3.76. The van der Waals surface area contributed by atoms with E-state index in [-0.39, 0.29) is 9.79 Å². The molecule has 1 aromatic carbocycles. The monoisotopic (exact) mass is 343 g/mol. The van der Waals surface area contributed by atoms with Gasteiger partial charge in [-0.05, 0) is 42.9 Å². The average Bonchev–Trinajstić information content (AvgIpc) is 3.10. The second-order valence-corrected chi connectivity index (χ2v) is 10.5. The normalized spacial score (nSPS) is 28.0. The van der Waals surface area contributed by atoms with E-state index >= 15 is 0 Å². The summed E-state index contributed by atoms with van der Waals surface area (Å²) in [5.74, 6) is 1.27. The van der Waals surface area contributed by atoms with E-state index in [9.17, 15) is 16.8 Å². The van der Waals surface area contributed by atoms with Crippen LogP contribution in [0.25, 0.3) is 0 Å². The van der Waals surface area contributed by atoms with E-state index in [4.69, 9.17) is 0 Å². The van der Waals surface area contributed by atoms with Crippen LogP contribution in [0, 0.1) is 11.8 Å². The first kappa shape index (κ1) is 15.8. The van der Waals surface area contributed by atoms with Crippen molar-refractivity contribution in [2.45, 2.75) is 41.5 Å². The topological polar surface area (TPSA) is 80.3 Å². The molecule has 3 atom stereocenters. The van der Waals surface area contributed by atoms with E-state index in [1.165, 1.54) is 37.8 Å². The van der Waals surface area contributed by atoms with Crippen molar-refractivity contribution < 1.29 is 16.8 Å². The summed E-state index contributed by atoms with van der Waals surface area (Å²) in [7, 11) is -6.92. The van der Waals surface area contributed by atoms with E-state index < -0.39 is 19.7 Å². The van der Waals surface area contributed by atoms with Crippen LogP contribution >= 0.6 is 0 Å². The minimum absolute atomic E-state index is 0.0340. The Balaban J connectivity index is 1.94. The Morgan fingerprint density at radius 1 is 0.955 bits per heavy atom. The summed E-state index contributed by atoms with van der Waals surface area (Å²) >= 11 is 0. The summed E-state index contributed by atoms with van der Waals surface area (Å²) in [6.45, 7) is 0. The fourth-order valence-electron chi connectivity index (χ4n) is 3.55. The summed E-state index contributed by atoms with van der Waals surface area (Å²) in [6, 6.07) is 4.64. The molecule has 0 aliphatic heterocycles. The van der Waals surface area contributed by atoms with Crippen molar-refractivity contribution in [3.05, 3.63) is 18.2 Å². The van der Waals surface area contributed by atoms with Gasteiger partial charge in [-0.15, -0.1) is 0 Å². The Morgan fingerprint density at radius 2 is 1.55 bits per heavy atom. The maximum absolute atomic E-state index is 12.0. The summed E-state index contributed by atoms with van der Waals surface area (Å²) < 4.78 is 47.3. The highest BCUT2D eigenvalue weighted by molar-refractivity contribution is 7.91. The van der Waals surface area contributed by atoms with Crippen molar-refractivity contribution >= 4 is 25.4 Å². The number of nitrogens with one attached hydrogen (secondary N) is 1. The first-order valence-corrected chi connectivity index (χ1v) is 11.3. The van der Waals surface area contributed by atoms with Gasteiger partial charge in [0.1, 0.15) is 0 Å². The van der Waals surface area contributed by atoms with Crippen LogP contribution < -0.4 is 5.32 Å². The third-order valence-electron chi connectivity index (χ3n) is 4.76. The second-order valence-electron chi connectivity index (χ2n) is 6.48. The van der Waals surface area contributed by atoms with E-state index in [1.54, 1.807) is 6.07 Å². The highest BCUT2D eigenvalue weighted by atomic mass is 32.2. The van der Waals surface area contributed by atoms with Crippen LogP contribution in [-0.2, 0) is 19.7 Å². The van der Waals surface area contributed by atoms with E-state index in [0.29, 0.717) is 23.6 Å². The molecule has 1 unspecified atom stereocenters. The highest BCUT2D eigenvalue weighted by Crippen LogP contribution is 2.51. The van der Waals surface area contributed by atoms with Gasteiger partial charge >= 0.3 is 0 Å². The lowest BCUT2D eigenvalue weighted by Crippen LogP contribution is -2.11. The molecule has 122 valence electrons. The van der Waals surface area contributed by atoms with Crippen LogP contribution in [0.3, 0.4) is 0 Å². The molecule has 2 aliphatic carbocycles. The molecule has 0 radical (unpaired) electrons. The van der Waals surface area contributed by atoms with Crippen molar-refractivity contribution in [2.24, 2.45) is 11.8 Å². The molecule has 1 aromatic rings. The molecule has 2 saturated carbocycles. The summed E-state index contributed by atoms with van der Waals surface area (Å²) in [4.78, 5) is 0.103. The van der Waals surface area contributed by atoms with Crippen molar-refractivity contribution in [3.8, 4) is 0 Å². The molecule has 0 spiro atoms. The molecule has 2 aliphatic rings. The second kappa shape index (κ2) is 5.23. The molecule has 5 nitrogen and oxygen atoms in total. The molecule has 2 fully saturated rings. The highest BCUT2D eigenvalue weighted by Gasteiger charge is 2.50. The lowest BCUT2D eigenvalue weighted by molar-refractivity contribution is 0.480. The number of hydrogen-bond donors (Lipinski definition) is 1. The number of rotatable bonds is 4. The van der Waals surface area contributed by atoms with Gasteiger partial charge < -0.3 is 5.32 Å². The van der Waals surface area contributed by atoms with Crippen molar-refractivity contribution in [3.63, 3.8) is 0 Å². The molecule has 1 N–H and O–H groups in total. The molecular weight excluding hydrogens is 322 g/mol. The van der Waals surface area contributed by atoms with Gasteiger partial charge in [-0.25, -0.2) is 16.8 Å². The van der Waals surface area contributed by atoms with Crippen LogP contribution in [0.5, 0.6) is 0 Å². The zero-order chi connectivity index (χ0) is 16.1. The fraction of sp³-hybridized carbons (Fsp3) is 0.600. The molecule has 0 bridgehead atoms. The summed E-state index contributed by atoms with van der Waals surface area (Å²) in [6.07, 6.45) is 7.06. The van der Waals surface area contributed by atoms with E-state index in [1.807, 2.05) is 0 Å². The average molecular weight is 343 g/mol. The SMILES string of the molecule is CS(=O)(=O)c1ccc(NC2[C@H]3CCCC[C@@H]23)c(S(C)(=O)=O)c1. The third-order valence-corrected chi connectivity index (χ3v) is 7.01. The number of fused-ring (bicyclic) bond motifs is 1. The predicted molar refractivity (Wildman–Crippen MR) is 85.5 cm³/mol. The first-order chi connectivity index (χ1) is 10.2. The van der Waals surface area contributed by atoms with E-state index in [0.717, 1.165) is 12.5 Å². The van der Waals surface area contributed by atoms with Gasteiger partial charge in [-0.1, -0.05) is 12.8 Å². The number of anilines is 1. The number of sulfone groups is 2. The van der Waals surface area contributed by atoms with Gasteiger partial charge in [0.25, 0.3) is 0 Å². The van der Waals surface area contributed by atoms with Crippen molar-refractivity contribution in [1.82, 2.24) is 0 Å². The molecule has 0 heterocycles. The minimum Gasteiger partial charge on any atom is -0.381 e. The molecule has 3 rings (SSSR count). The number of hydrogen-bond acceptors (Lipinski definition) is 5. The predicted octanol–water partition coefficient (Wildman–Crippen LogP) is 2.09. The maximum atomic E-state index is 12.0. The Labute approximate surface area is 132 Å². The quantitative estimate of drug-likeness (QED) is 0.905. The van der Waals surface area contributed by atoms with Crippen molar-refractivity contribution in [1.29, 1.82) is 0 Å². The van der Waals surface area contributed by atoms with Crippen LogP contribution in [0.2, 0.25) is 0 Å². The molecule has 0 aromatic heterocycles. The largest absolute Gasteiger partial charge is 0.381 e. The smallest absolute Gasteiger partial charge is 0.177 e.